The lowest BCUT2D eigenvalue weighted by Crippen LogP contribution is -1.99. The van der Waals surface area contributed by atoms with Gasteiger partial charge in [-0.2, -0.15) is 10.2 Å². The summed E-state index contributed by atoms with van der Waals surface area (Å²) < 4.78 is 1.79. The number of H-pyrrole nitrogens is 1. The van der Waals surface area contributed by atoms with E-state index in [0.29, 0.717) is 10.8 Å². The van der Waals surface area contributed by atoms with Gasteiger partial charge in [-0.1, -0.05) is 25.4 Å². The maximum atomic E-state index is 5.94. The van der Waals surface area contributed by atoms with Crippen molar-refractivity contribution in [2.45, 2.75) is 19.8 Å². The molecule has 0 fully saturated rings. The first-order valence-corrected chi connectivity index (χ1v) is 6.44. The molecule has 3 aromatic rings. The molecule has 0 aliphatic carbocycles. The topological polar surface area (TPSA) is 72.5 Å². The molecule has 0 aliphatic heterocycles. The van der Waals surface area contributed by atoms with E-state index in [9.17, 15) is 0 Å². The molecule has 3 N–H and O–H groups in total. The van der Waals surface area contributed by atoms with E-state index < -0.39 is 0 Å². The van der Waals surface area contributed by atoms with Crippen LogP contribution in [0, 0.1) is 0 Å². The molecule has 2 heterocycles. The van der Waals surface area contributed by atoms with E-state index in [-0.39, 0.29) is 5.92 Å². The molecule has 6 heteroatoms. The second kappa shape index (κ2) is 4.28. The van der Waals surface area contributed by atoms with Crippen molar-refractivity contribution < 1.29 is 0 Å². The number of nitrogens with one attached hydrogen (secondary N) is 1. The molecular formula is C13H14ClN5. The first kappa shape index (κ1) is 12.0. The Morgan fingerprint density at radius 3 is 2.58 bits per heavy atom. The van der Waals surface area contributed by atoms with Crippen molar-refractivity contribution in [3.63, 3.8) is 0 Å². The number of nitrogens with zero attached hydrogens (tertiary/aromatic N) is 3. The predicted octanol–water partition coefficient (Wildman–Crippen LogP) is 3.11. The number of halogens is 1. The maximum absolute atomic E-state index is 5.94. The van der Waals surface area contributed by atoms with Gasteiger partial charge < -0.3 is 5.73 Å². The molecule has 2 aromatic heterocycles. The fourth-order valence-electron chi connectivity index (χ4n) is 2.12. The standard InChI is InChI=1S/C13H14ClN5/c1-7(2)11-10-12(15)16-17-13(10)19(18-11)9-5-3-8(14)4-6-9/h3-7H,1-2H3,(H3,15,16,17). The van der Waals surface area contributed by atoms with Gasteiger partial charge in [0.15, 0.2) is 5.65 Å². The van der Waals surface area contributed by atoms with Gasteiger partial charge in [0.2, 0.25) is 0 Å². The number of aromatic nitrogens is 4. The van der Waals surface area contributed by atoms with Crippen LogP contribution in [0.3, 0.4) is 0 Å². The largest absolute Gasteiger partial charge is 0.383 e. The number of fused-ring (bicyclic) bond motifs is 1. The van der Waals surface area contributed by atoms with Crippen molar-refractivity contribution in [1.29, 1.82) is 0 Å². The van der Waals surface area contributed by atoms with Crippen LogP contribution in [0.15, 0.2) is 24.3 Å². The minimum atomic E-state index is 0.274. The summed E-state index contributed by atoms with van der Waals surface area (Å²) in [5, 5.41) is 13.3. The monoisotopic (exact) mass is 275 g/mol. The van der Waals surface area contributed by atoms with Crippen LogP contribution in [-0.2, 0) is 0 Å². The summed E-state index contributed by atoms with van der Waals surface area (Å²) in [5.74, 6) is 0.829. The number of benzene rings is 1. The number of rotatable bonds is 2. The first-order valence-electron chi connectivity index (χ1n) is 6.06. The molecule has 3 rings (SSSR count). The summed E-state index contributed by atoms with van der Waals surface area (Å²) in [6, 6.07) is 7.47. The summed E-state index contributed by atoms with van der Waals surface area (Å²) in [4.78, 5) is 0. The van der Waals surface area contributed by atoms with Gasteiger partial charge in [0.05, 0.1) is 16.8 Å². The van der Waals surface area contributed by atoms with Gasteiger partial charge in [-0.05, 0) is 30.2 Å². The molecule has 0 unspecified atom stereocenters. The smallest absolute Gasteiger partial charge is 0.186 e. The third-order valence-electron chi connectivity index (χ3n) is 3.06. The van der Waals surface area contributed by atoms with E-state index in [4.69, 9.17) is 17.3 Å². The zero-order valence-electron chi connectivity index (χ0n) is 10.7. The predicted molar refractivity (Wildman–Crippen MR) is 76.7 cm³/mol. The van der Waals surface area contributed by atoms with Crippen molar-refractivity contribution in [3.8, 4) is 5.69 Å². The van der Waals surface area contributed by atoms with E-state index in [1.54, 1.807) is 4.68 Å². The Morgan fingerprint density at radius 2 is 1.95 bits per heavy atom. The molecule has 5 nitrogen and oxygen atoms in total. The van der Waals surface area contributed by atoms with Crippen LogP contribution in [-0.4, -0.2) is 20.0 Å². The van der Waals surface area contributed by atoms with E-state index in [1.165, 1.54) is 0 Å². The van der Waals surface area contributed by atoms with Crippen LogP contribution < -0.4 is 5.73 Å². The van der Waals surface area contributed by atoms with Gasteiger partial charge in [-0.25, -0.2) is 4.68 Å². The lowest BCUT2D eigenvalue weighted by Gasteiger charge is -2.02. The summed E-state index contributed by atoms with van der Waals surface area (Å²) in [6.07, 6.45) is 0. The molecule has 0 spiro atoms. The lowest BCUT2D eigenvalue weighted by atomic mass is 10.1. The van der Waals surface area contributed by atoms with Crippen LogP contribution in [0.25, 0.3) is 16.7 Å². The zero-order valence-corrected chi connectivity index (χ0v) is 11.4. The third kappa shape index (κ3) is 1.86. The highest BCUT2D eigenvalue weighted by Crippen LogP contribution is 2.29. The summed E-state index contributed by atoms with van der Waals surface area (Å²) in [7, 11) is 0. The average molecular weight is 276 g/mol. The molecule has 0 bridgehead atoms. The van der Waals surface area contributed by atoms with Crippen LogP contribution in [0.2, 0.25) is 5.02 Å². The van der Waals surface area contributed by atoms with Crippen molar-refractivity contribution in [2.75, 3.05) is 5.73 Å². The highest BCUT2D eigenvalue weighted by Gasteiger charge is 2.19. The molecule has 19 heavy (non-hydrogen) atoms. The zero-order chi connectivity index (χ0) is 13.6. The van der Waals surface area contributed by atoms with Crippen molar-refractivity contribution in [2.24, 2.45) is 0 Å². The molecular weight excluding hydrogens is 262 g/mol. The Kier molecular flexibility index (Phi) is 2.71. The third-order valence-corrected chi connectivity index (χ3v) is 3.31. The molecule has 0 saturated carbocycles. The van der Waals surface area contributed by atoms with Crippen LogP contribution in [0.4, 0.5) is 5.82 Å². The Labute approximate surface area is 115 Å². The van der Waals surface area contributed by atoms with Gasteiger partial charge >= 0.3 is 0 Å². The molecule has 0 radical (unpaired) electrons. The van der Waals surface area contributed by atoms with Gasteiger partial charge in [0, 0.05) is 5.02 Å². The highest BCUT2D eigenvalue weighted by atomic mass is 35.5. The quantitative estimate of drug-likeness (QED) is 0.755. The molecule has 0 saturated heterocycles. The summed E-state index contributed by atoms with van der Waals surface area (Å²) in [5.41, 5.74) is 8.53. The SMILES string of the molecule is CC(C)c1nn(-c2ccc(Cl)cc2)c2n[nH]c(N)c12. The van der Waals surface area contributed by atoms with Crippen molar-refractivity contribution in [3.05, 3.63) is 35.0 Å². The van der Waals surface area contributed by atoms with E-state index in [1.807, 2.05) is 24.3 Å². The van der Waals surface area contributed by atoms with Gasteiger partial charge in [0.1, 0.15) is 5.82 Å². The normalized spacial score (nSPS) is 11.6. The number of nitrogens with two attached hydrogens (primary N) is 1. The molecule has 1 aromatic carbocycles. The molecule has 98 valence electrons. The average Bonchev–Trinajstić information content (AvgIpc) is 2.92. The van der Waals surface area contributed by atoms with E-state index in [2.05, 4.69) is 29.1 Å². The number of aromatic amines is 1. The Balaban J connectivity index is 2.27. The molecule has 0 aliphatic rings. The lowest BCUT2D eigenvalue weighted by molar-refractivity contribution is 0.772. The van der Waals surface area contributed by atoms with Crippen LogP contribution >= 0.6 is 11.6 Å². The van der Waals surface area contributed by atoms with Gasteiger partial charge in [-0.15, -0.1) is 0 Å². The Bertz CT molecular complexity index is 723. The van der Waals surface area contributed by atoms with Crippen molar-refractivity contribution >= 4 is 28.5 Å². The second-order valence-corrected chi connectivity index (χ2v) is 5.20. The van der Waals surface area contributed by atoms with Gasteiger partial charge in [-0.3, -0.25) is 5.10 Å². The minimum Gasteiger partial charge on any atom is -0.383 e. The second-order valence-electron chi connectivity index (χ2n) is 4.76. The summed E-state index contributed by atoms with van der Waals surface area (Å²) in [6.45, 7) is 4.17. The highest BCUT2D eigenvalue weighted by molar-refractivity contribution is 6.30. The number of nitrogen functional groups attached to an aromatic ring is 1. The van der Waals surface area contributed by atoms with E-state index in [0.717, 1.165) is 22.4 Å². The number of anilines is 1. The Morgan fingerprint density at radius 1 is 1.26 bits per heavy atom. The molecule has 0 amide bonds. The number of hydrogen-bond donors (Lipinski definition) is 2. The minimum absolute atomic E-state index is 0.274. The fraction of sp³-hybridized carbons (Fsp3) is 0.231. The van der Waals surface area contributed by atoms with E-state index >= 15 is 0 Å². The fourth-order valence-corrected chi connectivity index (χ4v) is 2.25. The van der Waals surface area contributed by atoms with Crippen LogP contribution in [0.5, 0.6) is 0 Å². The first-order chi connectivity index (χ1) is 9.08. The molecule has 0 atom stereocenters. The number of hydrogen-bond acceptors (Lipinski definition) is 3. The Hall–Kier alpha value is -2.01. The van der Waals surface area contributed by atoms with Crippen molar-refractivity contribution in [1.82, 2.24) is 20.0 Å². The van der Waals surface area contributed by atoms with Crippen LogP contribution in [0.1, 0.15) is 25.5 Å². The summed E-state index contributed by atoms with van der Waals surface area (Å²) >= 11 is 5.91. The van der Waals surface area contributed by atoms with Gasteiger partial charge in [0.25, 0.3) is 0 Å². The maximum Gasteiger partial charge on any atom is 0.186 e.